The number of ether oxygens (including phenoxy) is 1. The van der Waals surface area contributed by atoms with Crippen LogP contribution >= 0.6 is 15.9 Å². The number of halogens is 1. The molecular formula is C15H17BrN2O2. The number of methoxy groups -OCH3 is 1. The molecular weight excluding hydrogens is 320 g/mol. The highest BCUT2D eigenvalue weighted by Gasteiger charge is 2.10. The number of carbonyl (C=O) groups excluding carboxylic acids is 1. The van der Waals surface area contributed by atoms with Gasteiger partial charge in [-0.25, -0.2) is 0 Å². The van der Waals surface area contributed by atoms with Crippen LogP contribution in [0.5, 0.6) is 5.75 Å². The second kappa shape index (κ2) is 6.61. The molecule has 2 aromatic rings. The number of aromatic nitrogens is 1. The van der Waals surface area contributed by atoms with Gasteiger partial charge in [-0.1, -0.05) is 12.1 Å². The average Bonchev–Trinajstić information content (AvgIpc) is 2.78. The van der Waals surface area contributed by atoms with Crippen molar-refractivity contribution in [2.45, 2.75) is 6.42 Å². The topological polar surface area (TPSA) is 43.3 Å². The monoisotopic (exact) mass is 336 g/mol. The van der Waals surface area contributed by atoms with Crippen molar-refractivity contribution < 1.29 is 9.53 Å². The van der Waals surface area contributed by atoms with Gasteiger partial charge >= 0.3 is 0 Å². The van der Waals surface area contributed by atoms with Crippen LogP contribution in [0.25, 0.3) is 0 Å². The van der Waals surface area contributed by atoms with Crippen LogP contribution in [-0.2, 0) is 13.5 Å². The number of hydrogen-bond donors (Lipinski definition) is 1. The molecule has 0 saturated carbocycles. The van der Waals surface area contributed by atoms with E-state index in [0.717, 1.165) is 16.6 Å². The molecule has 5 heteroatoms. The summed E-state index contributed by atoms with van der Waals surface area (Å²) in [6.07, 6.45) is 2.65. The van der Waals surface area contributed by atoms with Crippen molar-refractivity contribution in [2.24, 2.45) is 7.05 Å². The van der Waals surface area contributed by atoms with E-state index in [1.165, 1.54) is 5.56 Å². The summed E-state index contributed by atoms with van der Waals surface area (Å²) in [6.45, 7) is 0.605. The zero-order valence-electron chi connectivity index (χ0n) is 11.5. The average molecular weight is 337 g/mol. The Morgan fingerprint density at radius 3 is 2.60 bits per heavy atom. The van der Waals surface area contributed by atoms with E-state index in [2.05, 4.69) is 21.2 Å². The van der Waals surface area contributed by atoms with Crippen LogP contribution in [0.1, 0.15) is 16.1 Å². The van der Waals surface area contributed by atoms with Crippen LogP contribution < -0.4 is 10.1 Å². The number of nitrogens with one attached hydrogen (secondary N) is 1. The maximum atomic E-state index is 12.0. The first-order valence-corrected chi connectivity index (χ1v) is 7.12. The second-order valence-corrected chi connectivity index (χ2v) is 5.42. The maximum absolute atomic E-state index is 12.0. The highest BCUT2D eigenvalue weighted by atomic mass is 79.9. The van der Waals surface area contributed by atoms with Crippen molar-refractivity contribution in [3.05, 3.63) is 52.3 Å². The van der Waals surface area contributed by atoms with Crippen LogP contribution in [0.3, 0.4) is 0 Å². The SMILES string of the molecule is COc1ccc(CCNC(=O)c2cc(Br)cn2C)cc1. The van der Waals surface area contributed by atoms with Crippen LogP contribution in [0.2, 0.25) is 0 Å². The Kier molecular flexibility index (Phi) is 4.84. The predicted molar refractivity (Wildman–Crippen MR) is 82.1 cm³/mol. The van der Waals surface area contributed by atoms with Gasteiger partial charge in [0.05, 0.1) is 7.11 Å². The lowest BCUT2D eigenvalue weighted by molar-refractivity contribution is 0.0946. The lowest BCUT2D eigenvalue weighted by atomic mass is 10.1. The van der Waals surface area contributed by atoms with E-state index in [0.29, 0.717) is 12.2 Å². The number of hydrogen-bond acceptors (Lipinski definition) is 2. The number of rotatable bonds is 5. The first-order chi connectivity index (χ1) is 9.60. The lowest BCUT2D eigenvalue weighted by Gasteiger charge is -2.07. The van der Waals surface area contributed by atoms with Crippen LogP contribution in [0.4, 0.5) is 0 Å². The molecule has 0 unspecified atom stereocenters. The van der Waals surface area contributed by atoms with Crippen molar-refractivity contribution in [3.63, 3.8) is 0 Å². The van der Waals surface area contributed by atoms with E-state index >= 15 is 0 Å². The molecule has 0 aliphatic carbocycles. The Balaban J connectivity index is 1.86. The molecule has 0 aliphatic heterocycles. The molecule has 1 N–H and O–H groups in total. The molecule has 0 aliphatic rings. The summed E-state index contributed by atoms with van der Waals surface area (Å²) in [6, 6.07) is 9.66. The Hall–Kier alpha value is -1.75. The summed E-state index contributed by atoms with van der Waals surface area (Å²) in [5, 5.41) is 2.92. The Morgan fingerprint density at radius 2 is 2.05 bits per heavy atom. The quantitative estimate of drug-likeness (QED) is 0.912. The Labute approximate surface area is 126 Å². The van der Waals surface area contributed by atoms with E-state index in [1.54, 1.807) is 11.7 Å². The number of carbonyl (C=O) groups is 1. The van der Waals surface area contributed by atoms with Gasteiger partial charge in [0.15, 0.2) is 0 Å². The summed E-state index contributed by atoms with van der Waals surface area (Å²) >= 11 is 3.36. The predicted octanol–water partition coefficient (Wildman–Crippen LogP) is 2.77. The zero-order chi connectivity index (χ0) is 14.5. The van der Waals surface area contributed by atoms with Gasteiger partial charge < -0.3 is 14.6 Å². The Morgan fingerprint density at radius 1 is 1.35 bits per heavy atom. The molecule has 0 bridgehead atoms. The van der Waals surface area contributed by atoms with Gasteiger partial charge in [0.25, 0.3) is 5.91 Å². The van der Waals surface area contributed by atoms with E-state index in [-0.39, 0.29) is 5.91 Å². The second-order valence-electron chi connectivity index (χ2n) is 4.51. The van der Waals surface area contributed by atoms with Crippen molar-refractivity contribution in [1.29, 1.82) is 0 Å². The highest BCUT2D eigenvalue weighted by Crippen LogP contribution is 2.14. The summed E-state index contributed by atoms with van der Waals surface area (Å²) in [5.74, 6) is 0.776. The largest absolute Gasteiger partial charge is 0.497 e. The van der Waals surface area contributed by atoms with Crippen LogP contribution in [-0.4, -0.2) is 24.1 Å². The first kappa shape index (κ1) is 14.7. The molecule has 4 nitrogen and oxygen atoms in total. The zero-order valence-corrected chi connectivity index (χ0v) is 13.1. The molecule has 0 spiro atoms. The van der Waals surface area contributed by atoms with Crippen molar-refractivity contribution in [1.82, 2.24) is 9.88 Å². The van der Waals surface area contributed by atoms with Gasteiger partial charge in [-0.05, 0) is 46.1 Å². The minimum Gasteiger partial charge on any atom is -0.497 e. The molecule has 0 saturated heterocycles. The first-order valence-electron chi connectivity index (χ1n) is 6.33. The van der Waals surface area contributed by atoms with Gasteiger partial charge in [0, 0.05) is 24.3 Å². The molecule has 20 heavy (non-hydrogen) atoms. The van der Waals surface area contributed by atoms with Gasteiger partial charge in [-0.15, -0.1) is 0 Å². The number of benzene rings is 1. The van der Waals surface area contributed by atoms with E-state index in [4.69, 9.17) is 4.74 Å². The number of nitrogens with zero attached hydrogens (tertiary/aromatic N) is 1. The minimum absolute atomic E-state index is 0.0632. The standard InChI is InChI=1S/C15H17BrN2O2/c1-18-10-12(16)9-14(18)15(19)17-8-7-11-3-5-13(20-2)6-4-11/h3-6,9-10H,7-8H2,1-2H3,(H,17,19). The van der Waals surface area contributed by atoms with Gasteiger partial charge in [0.2, 0.25) is 0 Å². The third-order valence-electron chi connectivity index (χ3n) is 3.06. The highest BCUT2D eigenvalue weighted by molar-refractivity contribution is 9.10. The normalized spacial score (nSPS) is 10.3. The summed E-state index contributed by atoms with van der Waals surface area (Å²) in [7, 11) is 3.50. The molecule has 106 valence electrons. The molecule has 0 atom stereocenters. The number of amides is 1. The van der Waals surface area contributed by atoms with Crippen molar-refractivity contribution >= 4 is 21.8 Å². The number of aryl methyl sites for hydroxylation is 1. The summed E-state index contributed by atoms with van der Waals surface area (Å²) in [5.41, 5.74) is 1.81. The van der Waals surface area contributed by atoms with Crippen LogP contribution in [0.15, 0.2) is 41.0 Å². The molecule has 1 aromatic carbocycles. The van der Waals surface area contributed by atoms with Gasteiger partial charge in [-0.2, -0.15) is 0 Å². The molecule has 2 rings (SSSR count). The maximum Gasteiger partial charge on any atom is 0.267 e. The molecule has 1 amide bonds. The van der Waals surface area contributed by atoms with Crippen LogP contribution in [0, 0.1) is 0 Å². The minimum atomic E-state index is -0.0632. The Bertz CT molecular complexity index is 590. The van der Waals surface area contributed by atoms with E-state index in [9.17, 15) is 4.79 Å². The lowest BCUT2D eigenvalue weighted by Crippen LogP contribution is -2.27. The molecule has 0 radical (unpaired) electrons. The fourth-order valence-electron chi connectivity index (χ4n) is 1.95. The van der Waals surface area contributed by atoms with Crippen molar-refractivity contribution in [3.8, 4) is 5.75 Å². The molecule has 0 fully saturated rings. The van der Waals surface area contributed by atoms with Crippen molar-refractivity contribution in [2.75, 3.05) is 13.7 Å². The molecule has 1 heterocycles. The fraction of sp³-hybridized carbons (Fsp3) is 0.267. The summed E-state index contributed by atoms with van der Waals surface area (Å²) < 4.78 is 7.81. The van der Waals surface area contributed by atoms with E-state index < -0.39 is 0 Å². The fourth-order valence-corrected chi connectivity index (χ4v) is 2.48. The van der Waals surface area contributed by atoms with E-state index in [1.807, 2.05) is 43.6 Å². The third kappa shape index (κ3) is 3.63. The molecule has 1 aromatic heterocycles. The third-order valence-corrected chi connectivity index (χ3v) is 3.50. The van der Waals surface area contributed by atoms with Gasteiger partial charge in [-0.3, -0.25) is 4.79 Å². The summed E-state index contributed by atoms with van der Waals surface area (Å²) in [4.78, 5) is 12.0. The van der Waals surface area contributed by atoms with Gasteiger partial charge in [0.1, 0.15) is 11.4 Å². The smallest absolute Gasteiger partial charge is 0.267 e.